The van der Waals surface area contributed by atoms with E-state index in [4.69, 9.17) is 5.73 Å². The van der Waals surface area contributed by atoms with Crippen molar-refractivity contribution in [1.29, 1.82) is 0 Å². The summed E-state index contributed by atoms with van der Waals surface area (Å²) in [5.41, 5.74) is 7.53. The molecule has 0 spiro atoms. The summed E-state index contributed by atoms with van der Waals surface area (Å²) in [4.78, 5) is 0. The van der Waals surface area contributed by atoms with Crippen molar-refractivity contribution in [3.05, 3.63) is 0 Å². The van der Waals surface area contributed by atoms with Crippen molar-refractivity contribution in [2.24, 2.45) is 23.0 Å². The number of nitrogens with two attached hydrogens (primary N) is 1. The van der Waals surface area contributed by atoms with E-state index >= 15 is 0 Å². The van der Waals surface area contributed by atoms with Crippen LogP contribution in [0.2, 0.25) is 0 Å². The molecule has 112 valence electrons. The summed E-state index contributed by atoms with van der Waals surface area (Å²) in [6.07, 6.45) is 15.3. The van der Waals surface area contributed by atoms with Gasteiger partial charge in [-0.2, -0.15) is 0 Å². The van der Waals surface area contributed by atoms with Gasteiger partial charge in [-0.05, 0) is 42.9 Å². The maximum atomic E-state index is 6.94. The quantitative estimate of drug-likeness (QED) is 0.738. The molecule has 0 heterocycles. The van der Waals surface area contributed by atoms with Crippen molar-refractivity contribution >= 4 is 0 Å². The van der Waals surface area contributed by atoms with Gasteiger partial charge < -0.3 is 5.73 Å². The monoisotopic (exact) mass is 265 g/mol. The maximum Gasteiger partial charge on any atom is 0.0185 e. The molecule has 0 amide bonds. The summed E-state index contributed by atoms with van der Waals surface area (Å²) in [5, 5.41) is 0. The molecule has 0 bridgehead atoms. The minimum absolute atomic E-state index is 0.160. The second-order valence-corrected chi connectivity index (χ2v) is 8.54. The Labute approximate surface area is 120 Å². The summed E-state index contributed by atoms with van der Waals surface area (Å²) in [5.74, 6) is 1.77. The van der Waals surface area contributed by atoms with E-state index in [1.54, 1.807) is 0 Å². The molecule has 2 fully saturated rings. The van der Waals surface area contributed by atoms with E-state index in [9.17, 15) is 0 Å². The summed E-state index contributed by atoms with van der Waals surface area (Å²) < 4.78 is 0. The first-order valence-corrected chi connectivity index (χ1v) is 8.70. The molecule has 0 radical (unpaired) electrons. The van der Waals surface area contributed by atoms with Gasteiger partial charge in [-0.15, -0.1) is 0 Å². The zero-order valence-electron chi connectivity index (χ0n) is 13.5. The van der Waals surface area contributed by atoms with Crippen LogP contribution in [-0.2, 0) is 0 Å². The van der Waals surface area contributed by atoms with Gasteiger partial charge in [-0.1, -0.05) is 65.7 Å². The number of hydrogen-bond acceptors (Lipinski definition) is 1. The lowest BCUT2D eigenvalue weighted by Gasteiger charge is -2.47. The van der Waals surface area contributed by atoms with Gasteiger partial charge in [0, 0.05) is 5.54 Å². The summed E-state index contributed by atoms with van der Waals surface area (Å²) in [7, 11) is 0. The first-order valence-electron chi connectivity index (χ1n) is 8.70. The van der Waals surface area contributed by atoms with Crippen molar-refractivity contribution in [2.45, 2.75) is 96.9 Å². The summed E-state index contributed by atoms with van der Waals surface area (Å²) >= 11 is 0. The van der Waals surface area contributed by atoms with E-state index in [0.29, 0.717) is 5.41 Å². The van der Waals surface area contributed by atoms with Crippen LogP contribution in [0.4, 0.5) is 0 Å². The van der Waals surface area contributed by atoms with Gasteiger partial charge >= 0.3 is 0 Å². The minimum Gasteiger partial charge on any atom is -0.325 e. The lowest BCUT2D eigenvalue weighted by atomic mass is 9.62. The predicted molar refractivity (Wildman–Crippen MR) is 84.1 cm³/mol. The van der Waals surface area contributed by atoms with Gasteiger partial charge in [0.05, 0.1) is 0 Å². The highest BCUT2D eigenvalue weighted by Gasteiger charge is 2.41. The van der Waals surface area contributed by atoms with Crippen molar-refractivity contribution in [3.8, 4) is 0 Å². The predicted octanol–water partition coefficient (Wildman–Crippen LogP) is 5.28. The zero-order chi connectivity index (χ0) is 13.9. The summed E-state index contributed by atoms with van der Waals surface area (Å²) in [6, 6.07) is 0. The van der Waals surface area contributed by atoms with Gasteiger partial charge in [0.15, 0.2) is 0 Å². The average molecular weight is 265 g/mol. The molecule has 0 saturated heterocycles. The highest BCUT2D eigenvalue weighted by atomic mass is 14.8. The molecule has 2 atom stereocenters. The summed E-state index contributed by atoms with van der Waals surface area (Å²) in [6.45, 7) is 7.07. The first-order chi connectivity index (χ1) is 8.91. The molecule has 2 aliphatic rings. The van der Waals surface area contributed by atoms with E-state index in [-0.39, 0.29) is 5.54 Å². The number of hydrogen-bond donors (Lipinski definition) is 1. The smallest absolute Gasteiger partial charge is 0.0185 e. The molecule has 1 heteroatoms. The molecule has 1 nitrogen and oxygen atoms in total. The van der Waals surface area contributed by atoms with Gasteiger partial charge in [-0.25, -0.2) is 0 Å². The van der Waals surface area contributed by atoms with E-state index in [2.05, 4.69) is 20.8 Å². The molecule has 0 aromatic heterocycles. The van der Waals surface area contributed by atoms with Gasteiger partial charge in [0.25, 0.3) is 0 Å². The third-order valence-electron chi connectivity index (χ3n) is 5.71. The molecular weight excluding hydrogens is 230 g/mol. The minimum atomic E-state index is 0.160. The standard InChI is InChI=1S/C18H35N/c1-17(2,3)13-14-18(19)12-8-7-11-16(18)15-9-5-4-6-10-15/h15-16H,4-14,19H2,1-3H3. The van der Waals surface area contributed by atoms with Crippen molar-refractivity contribution < 1.29 is 0 Å². The van der Waals surface area contributed by atoms with E-state index in [1.807, 2.05) is 0 Å². The fraction of sp³-hybridized carbons (Fsp3) is 1.00. The average Bonchev–Trinajstić information content (AvgIpc) is 2.37. The molecule has 0 aliphatic heterocycles. The zero-order valence-corrected chi connectivity index (χ0v) is 13.5. The van der Waals surface area contributed by atoms with E-state index in [0.717, 1.165) is 11.8 Å². The lowest BCUT2D eigenvalue weighted by molar-refractivity contribution is 0.0833. The van der Waals surface area contributed by atoms with Gasteiger partial charge in [-0.3, -0.25) is 0 Å². The molecule has 2 N–H and O–H groups in total. The second kappa shape index (κ2) is 6.16. The molecule has 0 aromatic rings. The number of rotatable bonds is 3. The van der Waals surface area contributed by atoms with Crippen molar-refractivity contribution in [2.75, 3.05) is 0 Å². The molecular formula is C18H35N. The Morgan fingerprint density at radius 3 is 2.21 bits per heavy atom. The Morgan fingerprint density at radius 1 is 0.947 bits per heavy atom. The fourth-order valence-electron chi connectivity index (χ4n) is 4.45. The van der Waals surface area contributed by atoms with Crippen LogP contribution in [-0.4, -0.2) is 5.54 Å². The molecule has 2 aliphatic carbocycles. The Balaban J connectivity index is 2.00. The topological polar surface area (TPSA) is 26.0 Å². The van der Waals surface area contributed by atoms with Crippen LogP contribution < -0.4 is 5.73 Å². The SMILES string of the molecule is CC(C)(C)CCC1(N)CCCCC1C1CCCCC1. The van der Waals surface area contributed by atoms with Crippen LogP contribution in [0.5, 0.6) is 0 Å². The third-order valence-corrected chi connectivity index (χ3v) is 5.71. The molecule has 2 saturated carbocycles. The molecule has 2 rings (SSSR count). The normalized spacial score (nSPS) is 34.4. The van der Waals surface area contributed by atoms with Crippen LogP contribution >= 0.6 is 0 Å². The Hall–Kier alpha value is -0.0400. The van der Waals surface area contributed by atoms with Gasteiger partial charge in [0.1, 0.15) is 0 Å². The maximum absolute atomic E-state index is 6.94. The molecule has 0 aromatic carbocycles. The van der Waals surface area contributed by atoms with Crippen LogP contribution in [0.1, 0.15) is 91.4 Å². The highest BCUT2D eigenvalue weighted by Crippen LogP contribution is 2.45. The van der Waals surface area contributed by atoms with Crippen LogP contribution in [0.15, 0.2) is 0 Å². The van der Waals surface area contributed by atoms with Crippen LogP contribution in [0.25, 0.3) is 0 Å². The largest absolute Gasteiger partial charge is 0.325 e. The van der Waals surface area contributed by atoms with Crippen LogP contribution in [0.3, 0.4) is 0 Å². The lowest BCUT2D eigenvalue weighted by Crippen LogP contribution is -2.52. The van der Waals surface area contributed by atoms with E-state index < -0.39 is 0 Å². The van der Waals surface area contributed by atoms with Crippen LogP contribution in [0, 0.1) is 17.3 Å². The Kier molecular flexibility index (Phi) is 4.98. The van der Waals surface area contributed by atoms with Crippen molar-refractivity contribution in [1.82, 2.24) is 0 Å². The first kappa shape index (κ1) is 15.4. The van der Waals surface area contributed by atoms with Crippen molar-refractivity contribution in [3.63, 3.8) is 0 Å². The Bertz CT molecular complexity index is 272. The second-order valence-electron chi connectivity index (χ2n) is 8.54. The fourth-order valence-corrected chi connectivity index (χ4v) is 4.45. The molecule has 19 heavy (non-hydrogen) atoms. The van der Waals surface area contributed by atoms with E-state index in [1.165, 1.54) is 70.6 Å². The Morgan fingerprint density at radius 2 is 1.58 bits per heavy atom. The molecule has 2 unspecified atom stereocenters. The third kappa shape index (κ3) is 4.21. The highest BCUT2D eigenvalue weighted by molar-refractivity contribution is 4.98. The van der Waals surface area contributed by atoms with Gasteiger partial charge in [0.2, 0.25) is 0 Å².